The van der Waals surface area contributed by atoms with Crippen LogP contribution in [0.25, 0.3) is 0 Å². The molecule has 1 aliphatic rings. The molecule has 48 heavy (non-hydrogen) atoms. The van der Waals surface area contributed by atoms with Crippen molar-refractivity contribution >= 4 is 39.1 Å². The third kappa shape index (κ3) is 8.76. The number of benzene rings is 4. The predicted molar refractivity (Wildman–Crippen MR) is 190 cm³/mol. The van der Waals surface area contributed by atoms with Crippen LogP contribution in [0.4, 0.5) is 5.69 Å². The van der Waals surface area contributed by atoms with Crippen LogP contribution in [0.15, 0.2) is 108 Å². The van der Waals surface area contributed by atoms with Gasteiger partial charge in [-0.25, -0.2) is 8.42 Å². The van der Waals surface area contributed by atoms with E-state index in [1.165, 1.54) is 24.1 Å². The second-order valence-corrected chi connectivity index (χ2v) is 14.5. The summed E-state index contributed by atoms with van der Waals surface area (Å²) in [7, 11) is -2.80. The Bertz CT molecular complexity index is 1780. The number of carbonyl (C=O) groups is 2. The maximum atomic E-state index is 14.7. The molecule has 0 aromatic heterocycles. The van der Waals surface area contributed by atoms with Crippen LogP contribution in [-0.2, 0) is 32.6 Å². The molecule has 1 aliphatic carbocycles. The van der Waals surface area contributed by atoms with Crippen LogP contribution in [0, 0.1) is 6.92 Å². The molecule has 0 heterocycles. The lowest BCUT2D eigenvalue weighted by Gasteiger charge is -2.35. The van der Waals surface area contributed by atoms with Gasteiger partial charge in [-0.1, -0.05) is 103 Å². The lowest BCUT2D eigenvalue weighted by atomic mass is 9.94. The van der Waals surface area contributed by atoms with Crippen molar-refractivity contribution in [3.05, 3.63) is 125 Å². The topological polar surface area (TPSA) is 96.0 Å². The van der Waals surface area contributed by atoms with E-state index in [1.807, 2.05) is 49.4 Å². The SMILES string of the molecule is COc1ccccc1N(CC(=O)N(Cc1ccc(Cl)cc1)C(Cc1ccccc1)C(=O)NC1CCCCC1)S(=O)(=O)c1ccc(C)cc1. The van der Waals surface area contributed by atoms with Gasteiger partial charge in [0.25, 0.3) is 10.0 Å². The highest BCUT2D eigenvalue weighted by atomic mass is 35.5. The number of rotatable bonds is 13. The minimum Gasteiger partial charge on any atom is -0.495 e. The molecule has 0 saturated heterocycles. The molecule has 0 spiro atoms. The number of amides is 2. The predicted octanol–water partition coefficient (Wildman–Crippen LogP) is 6.94. The highest BCUT2D eigenvalue weighted by Crippen LogP contribution is 2.33. The zero-order chi connectivity index (χ0) is 34.1. The monoisotopic (exact) mass is 687 g/mol. The third-order valence-electron chi connectivity index (χ3n) is 8.73. The normalized spacial score (nSPS) is 14.1. The quantitative estimate of drug-likeness (QED) is 0.164. The van der Waals surface area contributed by atoms with E-state index in [2.05, 4.69) is 5.32 Å². The number of hydrogen-bond donors (Lipinski definition) is 1. The lowest BCUT2D eigenvalue weighted by molar-refractivity contribution is -0.140. The summed E-state index contributed by atoms with van der Waals surface area (Å²) in [6.45, 7) is 1.37. The Morgan fingerprint density at radius 1 is 0.854 bits per heavy atom. The maximum Gasteiger partial charge on any atom is 0.264 e. The van der Waals surface area contributed by atoms with Gasteiger partial charge in [0, 0.05) is 24.0 Å². The molecule has 1 N–H and O–H groups in total. The number of nitrogens with one attached hydrogen (secondary N) is 1. The molecule has 4 aromatic rings. The van der Waals surface area contributed by atoms with Gasteiger partial charge in [-0.2, -0.15) is 0 Å². The Morgan fingerprint density at radius 2 is 1.50 bits per heavy atom. The zero-order valence-electron chi connectivity index (χ0n) is 27.3. The number of ether oxygens (including phenoxy) is 1. The van der Waals surface area contributed by atoms with Gasteiger partial charge in [0.1, 0.15) is 18.3 Å². The average Bonchev–Trinajstić information content (AvgIpc) is 3.10. The van der Waals surface area contributed by atoms with Crippen LogP contribution in [0.2, 0.25) is 5.02 Å². The summed E-state index contributed by atoms with van der Waals surface area (Å²) >= 11 is 6.19. The van der Waals surface area contributed by atoms with Gasteiger partial charge in [-0.05, 0) is 67.3 Å². The summed E-state index contributed by atoms with van der Waals surface area (Å²) in [5.41, 5.74) is 2.74. The fourth-order valence-corrected chi connectivity index (χ4v) is 7.62. The maximum absolute atomic E-state index is 14.7. The fraction of sp³-hybridized carbons (Fsp3) is 0.316. The summed E-state index contributed by atoms with van der Waals surface area (Å²) < 4.78 is 35.3. The molecule has 1 atom stereocenters. The van der Waals surface area contributed by atoms with E-state index in [0.29, 0.717) is 10.8 Å². The molecule has 5 rings (SSSR count). The highest BCUT2D eigenvalue weighted by molar-refractivity contribution is 7.92. The molecule has 4 aromatic carbocycles. The molecule has 2 amide bonds. The molecule has 8 nitrogen and oxygen atoms in total. The first kappa shape index (κ1) is 35.0. The Kier molecular flexibility index (Phi) is 11.8. The minimum atomic E-state index is -4.25. The van der Waals surface area contributed by atoms with Crippen molar-refractivity contribution in [3.63, 3.8) is 0 Å². The number of halogens is 1. The summed E-state index contributed by atoms with van der Waals surface area (Å²) in [6.07, 6.45) is 5.21. The number of methoxy groups -OCH3 is 1. The Hall–Kier alpha value is -4.34. The van der Waals surface area contributed by atoms with Crippen molar-refractivity contribution in [2.75, 3.05) is 18.0 Å². The van der Waals surface area contributed by atoms with Crippen LogP contribution in [0.5, 0.6) is 5.75 Å². The molecule has 1 unspecified atom stereocenters. The minimum absolute atomic E-state index is 0.0176. The number of anilines is 1. The van der Waals surface area contributed by atoms with Crippen molar-refractivity contribution in [1.82, 2.24) is 10.2 Å². The number of carbonyl (C=O) groups excluding carboxylic acids is 2. The van der Waals surface area contributed by atoms with Gasteiger partial charge in [-0.15, -0.1) is 0 Å². The van der Waals surface area contributed by atoms with Gasteiger partial charge in [0.2, 0.25) is 11.8 Å². The molecule has 0 aliphatic heterocycles. The van der Waals surface area contributed by atoms with Crippen molar-refractivity contribution in [1.29, 1.82) is 0 Å². The molecule has 252 valence electrons. The van der Waals surface area contributed by atoms with Crippen LogP contribution in [-0.4, -0.2) is 50.9 Å². The lowest BCUT2D eigenvalue weighted by Crippen LogP contribution is -2.55. The first-order chi connectivity index (χ1) is 23.2. The molecular weight excluding hydrogens is 646 g/mol. The Labute approximate surface area is 288 Å². The summed E-state index contributed by atoms with van der Waals surface area (Å²) in [5, 5.41) is 3.77. The van der Waals surface area contributed by atoms with Crippen LogP contribution in [0.3, 0.4) is 0 Å². The molecule has 0 radical (unpaired) electrons. The van der Waals surface area contributed by atoms with E-state index < -0.39 is 28.5 Å². The van der Waals surface area contributed by atoms with Crippen molar-refractivity contribution in [3.8, 4) is 5.75 Å². The first-order valence-corrected chi connectivity index (χ1v) is 18.1. The van der Waals surface area contributed by atoms with Gasteiger partial charge < -0.3 is 15.0 Å². The zero-order valence-corrected chi connectivity index (χ0v) is 28.9. The summed E-state index contributed by atoms with van der Waals surface area (Å²) in [6, 6.07) is 28.9. The molecule has 1 saturated carbocycles. The van der Waals surface area contributed by atoms with E-state index in [4.69, 9.17) is 16.3 Å². The Morgan fingerprint density at radius 3 is 2.17 bits per heavy atom. The van der Waals surface area contributed by atoms with Gasteiger partial charge >= 0.3 is 0 Å². The number of hydrogen-bond acceptors (Lipinski definition) is 5. The van der Waals surface area contributed by atoms with E-state index >= 15 is 0 Å². The summed E-state index contributed by atoms with van der Waals surface area (Å²) in [5.74, 6) is -0.509. The van der Waals surface area contributed by atoms with Crippen molar-refractivity contribution in [2.24, 2.45) is 0 Å². The van der Waals surface area contributed by atoms with Crippen molar-refractivity contribution in [2.45, 2.75) is 69.0 Å². The highest BCUT2D eigenvalue weighted by Gasteiger charge is 2.36. The Balaban J connectivity index is 1.58. The number of nitrogens with zero attached hydrogens (tertiary/aromatic N) is 2. The third-order valence-corrected chi connectivity index (χ3v) is 10.8. The second kappa shape index (κ2) is 16.2. The average molecular weight is 688 g/mol. The number of para-hydroxylation sites is 2. The van der Waals surface area contributed by atoms with E-state index in [-0.39, 0.29) is 35.5 Å². The van der Waals surface area contributed by atoms with E-state index in [0.717, 1.165) is 53.1 Å². The number of sulfonamides is 1. The van der Waals surface area contributed by atoms with E-state index in [1.54, 1.807) is 48.5 Å². The van der Waals surface area contributed by atoms with E-state index in [9.17, 15) is 18.0 Å². The van der Waals surface area contributed by atoms with Gasteiger partial charge in [-0.3, -0.25) is 13.9 Å². The number of aryl methyl sites for hydroxylation is 1. The van der Waals surface area contributed by atoms with Gasteiger partial charge in [0.15, 0.2) is 0 Å². The van der Waals surface area contributed by atoms with Crippen molar-refractivity contribution < 1.29 is 22.7 Å². The van der Waals surface area contributed by atoms with Gasteiger partial charge in [0.05, 0.1) is 17.7 Å². The fourth-order valence-electron chi connectivity index (χ4n) is 6.07. The summed E-state index contributed by atoms with van der Waals surface area (Å²) in [4.78, 5) is 30.5. The van der Waals surface area contributed by atoms with Crippen LogP contribution < -0.4 is 14.4 Å². The molecule has 10 heteroatoms. The smallest absolute Gasteiger partial charge is 0.264 e. The first-order valence-electron chi connectivity index (χ1n) is 16.3. The molecule has 1 fully saturated rings. The second-order valence-electron chi connectivity index (χ2n) is 12.2. The molecule has 0 bridgehead atoms. The largest absolute Gasteiger partial charge is 0.495 e. The molecular formula is C38H42ClN3O5S. The standard InChI is InChI=1S/C38H42ClN3O5S/c1-28-17-23-33(24-18-28)48(45,46)42(34-15-9-10-16-36(34)47-2)27-37(43)41(26-30-19-21-31(39)22-20-30)35(25-29-11-5-3-6-12-29)38(44)40-32-13-7-4-8-14-32/h3,5-6,9-12,15-24,32,35H,4,7-8,13-14,25-27H2,1-2H3,(H,40,44). The van der Waals surface area contributed by atoms with Crippen LogP contribution >= 0.6 is 11.6 Å². The van der Waals surface area contributed by atoms with Crippen LogP contribution in [0.1, 0.15) is 48.8 Å².